The SMILES string of the molecule is C[C@@H]1CCC(I)O1. The predicted octanol–water partition coefficient (Wildman–Crippen LogP) is 1.95. The Morgan fingerprint density at radius 2 is 2.29 bits per heavy atom. The Balaban J connectivity index is 2.26. The smallest absolute Gasteiger partial charge is 0.109 e. The van der Waals surface area contributed by atoms with Crippen LogP contribution in [0.2, 0.25) is 0 Å². The quantitative estimate of drug-likeness (QED) is 0.440. The third kappa shape index (κ3) is 1.57. The average Bonchev–Trinajstić information content (AvgIpc) is 1.87. The molecule has 1 fully saturated rings. The summed E-state index contributed by atoms with van der Waals surface area (Å²) in [6.07, 6.45) is 3.00. The zero-order valence-corrected chi connectivity index (χ0v) is 6.51. The van der Waals surface area contributed by atoms with Crippen LogP contribution in [0.1, 0.15) is 19.8 Å². The maximum atomic E-state index is 5.35. The van der Waals surface area contributed by atoms with Crippen molar-refractivity contribution in [1.29, 1.82) is 0 Å². The number of hydrogen-bond acceptors (Lipinski definition) is 1. The first-order valence-electron chi connectivity index (χ1n) is 2.58. The van der Waals surface area contributed by atoms with Gasteiger partial charge in [0, 0.05) is 0 Å². The normalized spacial score (nSPS) is 42.0. The van der Waals surface area contributed by atoms with Crippen LogP contribution >= 0.6 is 22.6 Å². The highest BCUT2D eigenvalue weighted by atomic mass is 127. The monoisotopic (exact) mass is 212 g/mol. The van der Waals surface area contributed by atoms with Gasteiger partial charge in [0.15, 0.2) is 0 Å². The van der Waals surface area contributed by atoms with Crippen molar-refractivity contribution in [3.63, 3.8) is 0 Å². The van der Waals surface area contributed by atoms with Gasteiger partial charge in [0.25, 0.3) is 0 Å². The molecule has 0 aromatic heterocycles. The molecule has 1 nitrogen and oxygen atoms in total. The van der Waals surface area contributed by atoms with Crippen LogP contribution in [-0.4, -0.2) is 10.2 Å². The van der Waals surface area contributed by atoms with Crippen LogP contribution in [0.5, 0.6) is 0 Å². The molecular weight excluding hydrogens is 203 g/mol. The van der Waals surface area contributed by atoms with Gasteiger partial charge >= 0.3 is 0 Å². The van der Waals surface area contributed by atoms with Gasteiger partial charge in [0.1, 0.15) is 4.11 Å². The second-order valence-corrected chi connectivity index (χ2v) is 3.32. The minimum atomic E-state index is 0.493. The first kappa shape index (κ1) is 5.82. The molecular formula is C5H9IO. The molecule has 2 atom stereocenters. The summed E-state index contributed by atoms with van der Waals surface area (Å²) in [6, 6.07) is 0. The van der Waals surface area contributed by atoms with Gasteiger partial charge in [-0.15, -0.1) is 0 Å². The lowest BCUT2D eigenvalue weighted by molar-refractivity contribution is 0.114. The van der Waals surface area contributed by atoms with E-state index in [1.54, 1.807) is 0 Å². The number of hydrogen-bond donors (Lipinski definition) is 0. The topological polar surface area (TPSA) is 9.23 Å². The molecule has 7 heavy (non-hydrogen) atoms. The van der Waals surface area contributed by atoms with Crippen LogP contribution in [0.25, 0.3) is 0 Å². The fourth-order valence-electron chi connectivity index (χ4n) is 0.754. The molecule has 0 aromatic rings. The fourth-order valence-corrected chi connectivity index (χ4v) is 1.61. The molecule has 1 saturated heterocycles. The summed E-state index contributed by atoms with van der Waals surface area (Å²) in [5.41, 5.74) is 0. The molecule has 0 amide bonds. The molecule has 1 unspecified atom stereocenters. The van der Waals surface area contributed by atoms with Crippen molar-refractivity contribution in [2.24, 2.45) is 0 Å². The Bertz CT molecular complexity index is 57.1. The molecule has 0 N–H and O–H groups in total. The molecule has 2 heteroatoms. The fraction of sp³-hybridized carbons (Fsp3) is 1.00. The average molecular weight is 212 g/mol. The van der Waals surface area contributed by atoms with Crippen LogP contribution in [0.15, 0.2) is 0 Å². The van der Waals surface area contributed by atoms with E-state index in [1.165, 1.54) is 12.8 Å². The van der Waals surface area contributed by atoms with Crippen LogP contribution in [-0.2, 0) is 4.74 Å². The zero-order valence-electron chi connectivity index (χ0n) is 4.36. The highest BCUT2D eigenvalue weighted by molar-refractivity contribution is 14.1. The van der Waals surface area contributed by atoms with E-state index in [4.69, 9.17) is 4.74 Å². The minimum Gasteiger partial charge on any atom is -0.365 e. The van der Waals surface area contributed by atoms with Crippen molar-refractivity contribution in [3.05, 3.63) is 0 Å². The molecule has 42 valence electrons. The Hall–Kier alpha value is 0.690. The minimum absolute atomic E-state index is 0.493. The largest absolute Gasteiger partial charge is 0.365 e. The lowest BCUT2D eigenvalue weighted by atomic mass is 10.3. The lowest BCUT2D eigenvalue weighted by Gasteiger charge is -1.99. The van der Waals surface area contributed by atoms with E-state index in [2.05, 4.69) is 29.5 Å². The summed E-state index contributed by atoms with van der Waals surface area (Å²) in [6.45, 7) is 2.12. The number of rotatable bonds is 0. The van der Waals surface area contributed by atoms with Gasteiger partial charge in [-0.1, -0.05) is 22.6 Å². The van der Waals surface area contributed by atoms with Gasteiger partial charge in [-0.05, 0) is 19.8 Å². The zero-order chi connectivity index (χ0) is 5.28. The Morgan fingerprint density at radius 3 is 2.43 bits per heavy atom. The highest BCUT2D eigenvalue weighted by Gasteiger charge is 2.17. The van der Waals surface area contributed by atoms with E-state index in [-0.39, 0.29) is 0 Å². The van der Waals surface area contributed by atoms with E-state index >= 15 is 0 Å². The van der Waals surface area contributed by atoms with Crippen molar-refractivity contribution in [1.82, 2.24) is 0 Å². The van der Waals surface area contributed by atoms with E-state index in [9.17, 15) is 0 Å². The molecule has 1 rings (SSSR count). The number of ether oxygens (including phenoxy) is 1. The second-order valence-electron chi connectivity index (χ2n) is 1.93. The van der Waals surface area contributed by atoms with Gasteiger partial charge < -0.3 is 4.74 Å². The van der Waals surface area contributed by atoms with E-state index in [0.717, 1.165) is 0 Å². The Labute approximate surface area is 57.6 Å². The maximum Gasteiger partial charge on any atom is 0.109 e. The molecule has 0 aliphatic carbocycles. The summed E-state index contributed by atoms with van der Waals surface area (Å²) < 4.78 is 5.84. The highest BCUT2D eigenvalue weighted by Crippen LogP contribution is 2.23. The van der Waals surface area contributed by atoms with Gasteiger partial charge in [0.05, 0.1) is 6.10 Å². The van der Waals surface area contributed by atoms with E-state index in [1.807, 2.05) is 0 Å². The van der Waals surface area contributed by atoms with Crippen molar-refractivity contribution < 1.29 is 4.74 Å². The van der Waals surface area contributed by atoms with Crippen LogP contribution < -0.4 is 0 Å². The molecule has 1 aliphatic heterocycles. The summed E-state index contributed by atoms with van der Waals surface area (Å²) in [7, 11) is 0. The van der Waals surface area contributed by atoms with Gasteiger partial charge in [-0.3, -0.25) is 0 Å². The third-order valence-corrected chi connectivity index (χ3v) is 2.10. The molecule has 1 heterocycles. The van der Waals surface area contributed by atoms with Crippen molar-refractivity contribution >= 4 is 22.6 Å². The van der Waals surface area contributed by atoms with Crippen molar-refractivity contribution in [2.45, 2.75) is 30.0 Å². The molecule has 0 bridgehead atoms. The standard InChI is InChI=1S/C5H9IO/c1-4-2-3-5(6)7-4/h4-5H,2-3H2,1H3/t4-,5?/m1/s1. The van der Waals surface area contributed by atoms with Crippen LogP contribution in [0.4, 0.5) is 0 Å². The molecule has 0 saturated carbocycles. The van der Waals surface area contributed by atoms with Gasteiger partial charge in [-0.2, -0.15) is 0 Å². The number of alkyl halides is 1. The molecule has 0 aromatic carbocycles. The summed E-state index contributed by atoms with van der Waals surface area (Å²) in [5, 5.41) is 0. The van der Waals surface area contributed by atoms with Crippen molar-refractivity contribution in [3.8, 4) is 0 Å². The van der Waals surface area contributed by atoms with Crippen LogP contribution in [0.3, 0.4) is 0 Å². The lowest BCUT2D eigenvalue weighted by Crippen LogP contribution is -1.98. The van der Waals surface area contributed by atoms with Crippen molar-refractivity contribution in [2.75, 3.05) is 0 Å². The third-order valence-electron chi connectivity index (χ3n) is 1.18. The number of halogens is 1. The first-order chi connectivity index (χ1) is 3.29. The summed E-state index contributed by atoms with van der Waals surface area (Å²) in [4.78, 5) is 0. The second kappa shape index (κ2) is 2.31. The van der Waals surface area contributed by atoms with E-state index in [0.29, 0.717) is 10.2 Å². The molecule has 1 aliphatic rings. The van der Waals surface area contributed by atoms with Gasteiger partial charge in [-0.25, -0.2) is 0 Å². The first-order valence-corrected chi connectivity index (χ1v) is 3.83. The Kier molecular flexibility index (Phi) is 1.92. The predicted molar refractivity (Wildman–Crippen MR) is 37.6 cm³/mol. The molecule has 0 spiro atoms. The maximum absolute atomic E-state index is 5.35. The Morgan fingerprint density at radius 1 is 1.57 bits per heavy atom. The van der Waals surface area contributed by atoms with E-state index < -0.39 is 0 Å². The summed E-state index contributed by atoms with van der Waals surface area (Å²) in [5.74, 6) is 0. The van der Waals surface area contributed by atoms with Crippen LogP contribution in [0, 0.1) is 0 Å². The van der Waals surface area contributed by atoms with Gasteiger partial charge in [0.2, 0.25) is 0 Å². The summed E-state index contributed by atoms with van der Waals surface area (Å²) >= 11 is 2.32. The molecule has 0 radical (unpaired) electrons.